The molecule has 0 atom stereocenters. The van der Waals surface area contributed by atoms with E-state index in [-0.39, 0.29) is 16.8 Å². The summed E-state index contributed by atoms with van der Waals surface area (Å²) in [5.74, 6) is -0.249. The highest BCUT2D eigenvalue weighted by Gasteiger charge is 2.15. The first-order valence-corrected chi connectivity index (χ1v) is 7.20. The lowest BCUT2D eigenvalue weighted by Gasteiger charge is -2.06. The van der Waals surface area contributed by atoms with E-state index in [0.29, 0.717) is 0 Å². The van der Waals surface area contributed by atoms with Gasteiger partial charge in [-0.25, -0.2) is 12.8 Å². The summed E-state index contributed by atoms with van der Waals surface area (Å²) in [4.78, 5) is -0.00648. The molecule has 7 heteroatoms. The molecule has 0 unspecified atom stereocenters. The van der Waals surface area contributed by atoms with Gasteiger partial charge in [0.1, 0.15) is 5.82 Å². The Labute approximate surface area is 111 Å². The van der Waals surface area contributed by atoms with Gasteiger partial charge in [0.15, 0.2) is 5.82 Å². The first-order valence-electron chi connectivity index (χ1n) is 5.72. The third kappa shape index (κ3) is 3.11. The van der Waals surface area contributed by atoms with Crippen molar-refractivity contribution in [1.82, 2.24) is 9.78 Å². The van der Waals surface area contributed by atoms with Gasteiger partial charge in [-0.05, 0) is 38.1 Å². The fourth-order valence-electron chi connectivity index (χ4n) is 1.49. The molecule has 0 fully saturated rings. The van der Waals surface area contributed by atoms with Crippen LogP contribution in [0.4, 0.5) is 10.2 Å². The molecule has 1 N–H and O–H groups in total. The molecule has 1 heterocycles. The van der Waals surface area contributed by atoms with Crippen LogP contribution in [0.3, 0.4) is 0 Å². The standard InChI is InChI=1S/C12H14FN3O2S/c1-9(2)16-8-7-12(14-16)15-19(17,18)11-5-3-10(13)4-6-11/h3-9H,1-2H3,(H,14,15). The van der Waals surface area contributed by atoms with Crippen LogP contribution < -0.4 is 4.72 Å². The maximum atomic E-state index is 12.8. The Hall–Kier alpha value is -1.89. The van der Waals surface area contributed by atoms with Crippen molar-refractivity contribution in [2.24, 2.45) is 0 Å². The van der Waals surface area contributed by atoms with Gasteiger partial charge in [0.25, 0.3) is 10.0 Å². The number of hydrogen-bond acceptors (Lipinski definition) is 3. The molecule has 0 saturated heterocycles. The van der Waals surface area contributed by atoms with E-state index in [1.807, 2.05) is 13.8 Å². The van der Waals surface area contributed by atoms with Gasteiger partial charge >= 0.3 is 0 Å². The molecular weight excluding hydrogens is 269 g/mol. The Balaban J connectivity index is 2.23. The van der Waals surface area contributed by atoms with E-state index in [9.17, 15) is 12.8 Å². The third-order valence-corrected chi connectivity index (χ3v) is 3.87. The zero-order chi connectivity index (χ0) is 14.0. The van der Waals surface area contributed by atoms with Gasteiger partial charge in [0, 0.05) is 18.3 Å². The highest BCUT2D eigenvalue weighted by atomic mass is 32.2. The van der Waals surface area contributed by atoms with Gasteiger partial charge in [-0.2, -0.15) is 5.10 Å². The number of aromatic nitrogens is 2. The second-order valence-corrected chi connectivity index (χ2v) is 6.02. The van der Waals surface area contributed by atoms with Gasteiger partial charge in [-0.15, -0.1) is 0 Å². The second-order valence-electron chi connectivity index (χ2n) is 4.33. The number of nitrogens with zero attached hydrogens (tertiary/aromatic N) is 2. The van der Waals surface area contributed by atoms with Gasteiger partial charge in [0.05, 0.1) is 4.90 Å². The van der Waals surface area contributed by atoms with Crippen LogP contribution in [0.15, 0.2) is 41.4 Å². The number of anilines is 1. The quantitative estimate of drug-likeness (QED) is 0.937. The molecule has 0 aliphatic rings. The normalized spacial score (nSPS) is 11.8. The predicted octanol–water partition coefficient (Wildman–Crippen LogP) is 2.40. The van der Waals surface area contributed by atoms with Crippen molar-refractivity contribution in [2.75, 3.05) is 4.72 Å². The summed E-state index contributed by atoms with van der Waals surface area (Å²) in [6, 6.07) is 6.32. The second kappa shape index (κ2) is 5.00. The van der Waals surface area contributed by atoms with E-state index in [4.69, 9.17) is 0 Å². The molecule has 19 heavy (non-hydrogen) atoms. The van der Waals surface area contributed by atoms with Crippen molar-refractivity contribution in [1.29, 1.82) is 0 Å². The molecule has 2 rings (SSSR count). The van der Waals surface area contributed by atoms with Gasteiger partial charge in [0.2, 0.25) is 0 Å². The average Bonchev–Trinajstić information content (AvgIpc) is 2.77. The van der Waals surface area contributed by atoms with Crippen molar-refractivity contribution in [2.45, 2.75) is 24.8 Å². The van der Waals surface area contributed by atoms with Crippen molar-refractivity contribution >= 4 is 15.8 Å². The summed E-state index contributed by atoms with van der Waals surface area (Å²) >= 11 is 0. The van der Waals surface area contributed by atoms with E-state index >= 15 is 0 Å². The Bertz CT molecular complexity index is 663. The van der Waals surface area contributed by atoms with Crippen LogP contribution in [0.5, 0.6) is 0 Å². The lowest BCUT2D eigenvalue weighted by atomic mass is 10.4. The molecule has 0 radical (unpaired) electrons. The summed E-state index contributed by atoms with van der Waals surface area (Å²) in [5, 5.41) is 4.09. The Morgan fingerprint density at radius 2 is 1.84 bits per heavy atom. The van der Waals surface area contributed by atoms with Crippen LogP contribution in [0.25, 0.3) is 0 Å². The van der Waals surface area contributed by atoms with Crippen molar-refractivity contribution < 1.29 is 12.8 Å². The van der Waals surface area contributed by atoms with Crippen LogP contribution in [-0.4, -0.2) is 18.2 Å². The summed E-state index contributed by atoms with van der Waals surface area (Å²) in [6.07, 6.45) is 1.69. The van der Waals surface area contributed by atoms with E-state index in [1.165, 1.54) is 12.1 Å². The monoisotopic (exact) mass is 283 g/mol. The summed E-state index contributed by atoms with van der Waals surface area (Å²) in [6.45, 7) is 3.87. The van der Waals surface area contributed by atoms with Crippen molar-refractivity contribution in [3.05, 3.63) is 42.3 Å². The van der Waals surface area contributed by atoms with E-state index < -0.39 is 15.8 Å². The molecule has 0 amide bonds. The summed E-state index contributed by atoms with van der Waals surface area (Å²) < 4.78 is 40.8. The Morgan fingerprint density at radius 1 is 1.21 bits per heavy atom. The van der Waals surface area contributed by atoms with Crippen LogP contribution in [0.1, 0.15) is 19.9 Å². The van der Waals surface area contributed by atoms with Gasteiger partial charge in [-0.1, -0.05) is 0 Å². The molecule has 102 valence electrons. The predicted molar refractivity (Wildman–Crippen MR) is 69.8 cm³/mol. The van der Waals surface area contributed by atoms with Crippen LogP contribution in [-0.2, 0) is 10.0 Å². The zero-order valence-corrected chi connectivity index (χ0v) is 11.4. The van der Waals surface area contributed by atoms with E-state index in [2.05, 4.69) is 9.82 Å². The number of sulfonamides is 1. The highest BCUT2D eigenvalue weighted by Crippen LogP contribution is 2.15. The summed E-state index contributed by atoms with van der Waals surface area (Å²) in [7, 11) is -3.73. The summed E-state index contributed by atoms with van der Waals surface area (Å²) in [5.41, 5.74) is 0. The number of rotatable bonds is 4. The smallest absolute Gasteiger partial charge is 0.263 e. The number of halogens is 1. The van der Waals surface area contributed by atoms with Crippen LogP contribution in [0.2, 0.25) is 0 Å². The average molecular weight is 283 g/mol. The molecule has 0 spiro atoms. The van der Waals surface area contributed by atoms with Gasteiger partial charge in [-0.3, -0.25) is 9.40 Å². The fraction of sp³-hybridized carbons (Fsp3) is 0.250. The van der Waals surface area contributed by atoms with E-state index in [1.54, 1.807) is 16.9 Å². The third-order valence-electron chi connectivity index (χ3n) is 2.50. The van der Waals surface area contributed by atoms with Crippen LogP contribution in [0, 0.1) is 5.82 Å². The maximum absolute atomic E-state index is 12.8. The highest BCUT2D eigenvalue weighted by molar-refractivity contribution is 7.92. The van der Waals surface area contributed by atoms with E-state index in [0.717, 1.165) is 12.1 Å². The lowest BCUT2D eigenvalue weighted by molar-refractivity contribution is 0.534. The maximum Gasteiger partial charge on any atom is 0.263 e. The number of nitrogens with one attached hydrogen (secondary N) is 1. The molecule has 0 aliphatic heterocycles. The molecule has 0 bridgehead atoms. The molecule has 2 aromatic rings. The van der Waals surface area contributed by atoms with Crippen LogP contribution >= 0.6 is 0 Å². The number of hydrogen-bond donors (Lipinski definition) is 1. The van der Waals surface area contributed by atoms with Crippen molar-refractivity contribution in [3.63, 3.8) is 0 Å². The van der Waals surface area contributed by atoms with Crippen molar-refractivity contribution in [3.8, 4) is 0 Å². The largest absolute Gasteiger partial charge is 0.268 e. The molecular formula is C12H14FN3O2S. The van der Waals surface area contributed by atoms with Gasteiger partial charge < -0.3 is 0 Å². The molecule has 0 saturated carbocycles. The minimum Gasteiger partial charge on any atom is -0.268 e. The zero-order valence-electron chi connectivity index (χ0n) is 10.5. The molecule has 1 aromatic heterocycles. The fourth-order valence-corrected chi connectivity index (χ4v) is 2.49. The minimum absolute atomic E-state index is 0.00648. The Morgan fingerprint density at radius 3 is 2.37 bits per heavy atom. The molecule has 0 aliphatic carbocycles. The topological polar surface area (TPSA) is 64.0 Å². The SMILES string of the molecule is CC(C)n1ccc(NS(=O)(=O)c2ccc(F)cc2)n1. The lowest BCUT2D eigenvalue weighted by Crippen LogP contribution is -2.14. The first-order chi connectivity index (χ1) is 8.88. The molecule has 5 nitrogen and oxygen atoms in total. The Kier molecular flexibility index (Phi) is 3.57. The minimum atomic E-state index is -3.73. The first kappa shape index (κ1) is 13.5. The molecule has 1 aromatic carbocycles. The number of benzene rings is 1.